The topological polar surface area (TPSA) is 79.2 Å². The number of imidazole rings is 1. The van der Waals surface area contributed by atoms with Crippen LogP contribution in [0.3, 0.4) is 0 Å². The number of aryl methyl sites for hydroxylation is 1. The van der Waals surface area contributed by atoms with E-state index in [2.05, 4.69) is 15.6 Å². The zero-order valence-corrected chi connectivity index (χ0v) is 14.8. The SMILES string of the molecule is Cn1ccnc1-c1cccc(NC(=O)NC[C@@]2(C)CCCC[C@@H]2O)c1. The van der Waals surface area contributed by atoms with Crippen molar-refractivity contribution in [2.75, 3.05) is 11.9 Å². The first-order valence-corrected chi connectivity index (χ1v) is 8.79. The van der Waals surface area contributed by atoms with Gasteiger partial charge in [0.15, 0.2) is 0 Å². The van der Waals surface area contributed by atoms with E-state index in [1.807, 2.05) is 49.0 Å². The van der Waals surface area contributed by atoms with Crippen LogP contribution in [0.4, 0.5) is 10.5 Å². The summed E-state index contributed by atoms with van der Waals surface area (Å²) in [5.41, 5.74) is 1.41. The van der Waals surface area contributed by atoms with E-state index in [9.17, 15) is 9.90 Å². The smallest absolute Gasteiger partial charge is 0.319 e. The minimum atomic E-state index is -0.353. The van der Waals surface area contributed by atoms with Gasteiger partial charge in [-0.2, -0.15) is 0 Å². The number of amides is 2. The van der Waals surface area contributed by atoms with Crippen molar-refractivity contribution in [3.63, 3.8) is 0 Å². The maximum atomic E-state index is 12.2. The quantitative estimate of drug-likeness (QED) is 0.798. The molecule has 0 unspecified atom stereocenters. The number of aromatic nitrogens is 2. The molecule has 3 N–H and O–H groups in total. The van der Waals surface area contributed by atoms with Gasteiger partial charge in [-0.3, -0.25) is 0 Å². The fraction of sp³-hybridized carbons (Fsp3) is 0.474. The van der Waals surface area contributed by atoms with Gasteiger partial charge >= 0.3 is 6.03 Å². The van der Waals surface area contributed by atoms with Crippen molar-refractivity contribution >= 4 is 11.7 Å². The van der Waals surface area contributed by atoms with Crippen molar-refractivity contribution in [1.29, 1.82) is 0 Å². The maximum absolute atomic E-state index is 12.2. The second-order valence-corrected chi connectivity index (χ2v) is 7.17. The Labute approximate surface area is 148 Å². The molecule has 2 amide bonds. The summed E-state index contributed by atoms with van der Waals surface area (Å²) in [6, 6.07) is 7.36. The van der Waals surface area contributed by atoms with Crippen LogP contribution in [0.25, 0.3) is 11.4 Å². The second-order valence-electron chi connectivity index (χ2n) is 7.17. The van der Waals surface area contributed by atoms with Crippen LogP contribution in [0.5, 0.6) is 0 Å². The summed E-state index contributed by atoms with van der Waals surface area (Å²) in [5, 5.41) is 16.0. The summed E-state index contributed by atoms with van der Waals surface area (Å²) in [6.07, 6.45) is 7.19. The highest BCUT2D eigenvalue weighted by Gasteiger charge is 2.35. The van der Waals surface area contributed by atoms with E-state index in [1.54, 1.807) is 6.20 Å². The number of anilines is 1. The van der Waals surface area contributed by atoms with Gasteiger partial charge in [0, 0.05) is 42.7 Å². The largest absolute Gasteiger partial charge is 0.392 e. The molecule has 1 aliphatic rings. The Morgan fingerprint density at radius 2 is 2.28 bits per heavy atom. The predicted molar refractivity (Wildman–Crippen MR) is 98.2 cm³/mol. The summed E-state index contributed by atoms with van der Waals surface area (Å²) < 4.78 is 1.94. The number of aliphatic hydroxyl groups is 1. The number of nitrogens with one attached hydrogen (secondary N) is 2. The van der Waals surface area contributed by atoms with Crippen molar-refractivity contribution in [3.8, 4) is 11.4 Å². The zero-order valence-electron chi connectivity index (χ0n) is 14.8. The monoisotopic (exact) mass is 342 g/mol. The van der Waals surface area contributed by atoms with Crippen LogP contribution in [0, 0.1) is 5.41 Å². The average Bonchev–Trinajstić information content (AvgIpc) is 3.02. The highest BCUT2D eigenvalue weighted by molar-refractivity contribution is 5.90. The Hall–Kier alpha value is -2.34. The first-order valence-electron chi connectivity index (χ1n) is 8.79. The molecule has 1 saturated carbocycles. The van der Waals surface area contributed by atoms with Crippen molar-refractivity contribution < 1.29 is 9.90 Å². The van der Waals surface area contributed by atoms with E-state index >= 15 is 0 Å². The fourth-order valence-corrected chi connectivity index (χ4v) is 3.43. The van der Waals surface area contributed by atoms with E-state index in [0.29, 0.717) is 12.2 Å². The molecule has 2 atom stereocenters. The molecule has 134 valence electrons. The molecule has 1 aliphatic carbocycles. The number of aliphatic hydroxyl groups excluding tert-OH is 1. The van der Waals surface area contributed by atoms with Crippen molar-refractivity contribution in [2.24, 2.45) is 12.5 Å². The highest BCUT2D eigenvalue weighted by atomic mass is 16.3. The van der Waals surface area contributed by atoms with Crippen LogP contribution in [-0.4, -0.2) is 33.3 Å². The van der Waals surface area contributed by atoms with Gasteiger partial charge in [-0.15, -0.1) is 0 Å². The van der Waals surface area contributed by atoms with Crippen LogP contribution in [0.1, 0.15) is 32.6 Å². The first-order chi connectivity index (χ1) is 12.0. The van der Waals surface area contributed by atoms with Gasteiger partial charge in [0.1, 0.15) is 5.82 Å². The standard InChI is InChI=1S/C19H26N4O2/c1-19(9-4-3-8-16(19)24)13-21-18(25)22-15-7-5-6-14(12-15)17-20-10-11-23(17)2/h5-7,10-12,16,24H,3-4,8-9,13H2,1-2H3,(H2,21,22,25)/t16-,19+/m0/s1. The Kier molecular flexibility index (Phi) is 5.08. The molecule has 0 saturated heterocycles. The number of carbonyl (C=O) groups excluding carboxylic acids is 1. The van der Waals surface area contributed by atoms with Crippen molar-refractivity contribution in [3.05, 3.63) is 36.7 Å². The maximum Gasteiger partial charge on any atom is 0.319 e. The summed E-state index contributed by atoms with van der Waals surface area (Å²) >= 11 is 0. The number of hydrogen-bond acceptors (Lipinski definition) is 3. The van der Waals surface area contributed by atoms with E-state index in [0.717, 1.165) is 37.1 Å². The highest BCUT2D eigenvalue weighted by Crippen LogP contribution is 2.35. The Bertz CT molecular complexity index is 743. The third-order valence-electron chi connectivity index (χ3n) is 5.13. The molecule has 6 heteroatoms. The van der Waals surface area contributed by atoms with Gasteiger partial charge in [0.2, 0.25) is 0 Å². The van der Waals surface area contributed by atoms with Crippen molar-refractivity contribution in [1.82, 2.24) is 14.9 Å². The normalized spacial score (nSPS) is 23.2. The van der Waals surface area contributed by atoms with E-state index in [1.165, 1.54) is 0 Å². The van der Waals surface area contributed by atoms with E-state index in [-0.39, 0.29) is 17.6 Å². The molecule has 0 bridgehead atoms. The molecule has 1 fully saturated rings. The third-order valence-corrected chi connectivity index (χ3v) is 5.13. The number of urea groups is 1. The van der Waals surface area contributed by atoms with Crippen LogP contribution >= 0.6 is 0 Å². The van der Waals surface area contributed by atoms with Crippen molar-refractivity contribution in [2.45, 2.75) is 38.7 Å². The minimum absolute atomic E-state index is 0.246. The lowest BCUT2D eigenvalue weighted by atomic mass is 9.73. The van der Waals surface area contributed by atoms with Gasteiger partial charge < -0.3 is 20.3 Å². The molecule has 3 rings (SSSR count). The van der Waals surface area contributed by atoms with Gasteiger partial charge in [-0.05, 0) is 25.0 Å². The molecule has 0 radical (unpaired) electrons. The van der Waals surface area contributed by atoms with Crippen LogP contribution in [-0.2, 0) is 7.05 Å². The minimum Gasteiger partial charge on any atom is -0.392 e. The Morgan fingerprint density at radius 3 is 3.00 bits per heavy atom. The van der Waals surface area contributed by atoms with Crippen LogP contribution in [0.2, 0.25) is 0 Å². The lowest BCUT2D eigenvalue weighted by molar-refractivity contribution is 0.00333. The fourth-order valence-electron chi connectivity index (χ4n) is 3.43. The van der Waals surface area contributed by atoms with Gasteiger partial charge in [-0.1, -0.05) is 31.9 Å². The summed E-state index contributed by atoms with van der Waals surface area (Å²) in [4.78, 5) is 16.6. The van der Waals surface area contributed by atoms with Gasteiger partial charge in [0.25, 0.3) is 0 Å². The van der Waals surface area contributed by atoms with Gasteiger partial charge in [0.05, 0.1) is 6.10 Å². The molecule has 25 heavy (non-hydrogen) atoms. The summed E-state index contributed by atoms with van der Waals surface area (Å²) in [7, 11) is 1.94. The lowest BCUT2D eigenvalue weighted by Crippen LogP contribution is -2.46. The number of rotatable bonds is 4. The van der Waals surface area contributed by atoms with E-state index in [4.69, 9.17) is 0 Å². The molecule has 2 aromatic rings. The first kappa shape index (κ1) is 17.5. The molecular formula is C19H26N4O2. The molecular weight excluding hydrogens is 316 g/mol. The number of nitrogens with zero attached hydrogens (tertiary/aromatic N) is 2. The van der Waals surface area contributed by atoms with Crippen LogP contribution < -0.4 is 10.6 Å². The Balaban J connectivity index is 1.61. The lowest BCUT2D eigenvalue weighted by Gasteiger charge is -2.38. The molecule has 0 spiro atoms. The van der Waals surface area contributed by atoms with Gasteiger partial charge in [-0.25, -0.2) is 9.78 Å². The predicted octanol–water partition coefficient (Wildman–Crippen LogP) is 3.15. The average molecular weight is 342 g/mol. The molecule has 1 aromatic heterocycles. The summed E-state index contributed by atoms with van der Waals surface area (Å²) in [5.74, 6) is 0.849. The molecule has 1 aromatic carbocycles. The molecule has 6 nitrogen and oxygen atoms in total. The Morgan fingerprint density at radius 1 is 1.44 bits per heavy atom. The number of benzene rings is 1. The third kappa shape index (κ3) is 4.02. The van der Waals surface area contributed by atoms with E-state index < -0.39 is 0 Å². The summed E-state index contributed by atoms with van der Waals surface area (Å²) in [6.45, 7) is 2.51. The molecule has 0 aliphatic heterocycles. The van der Waals surface area contributed by atoms with Crippen LogP contribution in [0.15, 0.2) is 36.7 Å². The zero-order chi connectivity index (χ0) is 17.9. The molecule has 1 heterocycles. The number of carbonyl (C=O) groups is 1. The number of hydrogen-bond donors (Lipinski definition) is 3. The second kappa shape index (κ2) is 7.27.